The Morgan fingerprint density at radius 1 is 1.30 bits per heavy atom. The summed E-state index contributed by atoms with van der Waals surface area (Å²) in [6.07, 6.45) is 4.72. The van der Waals surface area contributed by atoms with Gasteiger partial charge in [0.05, 0.1) is 13.7 Å². The number of ether oxygens (including phenoxy) is 2. The Kier molecular flexibility index (Phi) is 5.41. The molecule has 1 aromatic carbocycles. The van der Waals surface area contributed by atoms with Gasteiger partial charge in [-0.25, -0.2) is 4.79 Å². The molecule has 20 heavy (non-hydrogen) atoms. The molecule has 0 heterocycles. The summed E-state index contributed by atoms with van der Waals surface area (Å²) < 4.78 is 10.3. The molecule has 0 amide bonds. The first-order chi connectivity index (χ1) is 9.74. The number of methoxy groups -OCH3 is 1. The van der Waals surface area contributed by atoms with Crippen LogP contribution in [0.15, 0.2) is 24.3 Å². The lowest BCUT2D eigenvalue weighted by atomic mass is 10.1. The van der Waals surface area contributed by atoms with E-state index in [0.717, 1.165) is 24.2 Å². The molecule has 1 aromatic rings. The van der Waals surface area contributed by atoms with E-state index in [1.807, 2.05) is 31.2 Å². The van der Waals surface area contributed by atoms with Gasteiger partial charge in [-0.2, -0.15) is 0 Å². The van der Waals surface area contributed by atoms with Crippen LogP contribution in [-0.4, -0.2) is 25.7 Å². The summed E-state index contributed by atoms with van der Waals surface area (Å²) in [6.45, 7) is 2.59. The van der Waals surface area contributed by atoms with E-state index < -0.39 is 6.04 Å². The Morgan fingerprint density at radius 3 is 2.50 bits per heavy atom. The summed E-state index contributed by atoms with van der Waals surface area (Å²) >= 11 is 0. The largest absolute Gasteiger partial charge is 0.494 e. The standard InChI is InChI=1S/C16H23NO3/c1-3-20-14-10-8-12(9-11-14)15(16(18)19-2)17-13-6-4-5-7-13/h8-11,13,15,17H,3-7H2,1-2H3. The maximum Gasteiger partial charge on any atom is 0.327 e. The zero-order valence-corrected chi connectivity index (χ0v) is 12.2. The predicted octanol–water partition coefficient (Wildman–Crippen LogP) is 2.83. The van der Waals surface area contributed by atoms with Crippen LogP contribution in [0.25, 0.3) is 0 Å². The molecule has 110 valence electrons. The van der Waals surface area contributed by atoms with E-state index >= 15 is 0 Å². The van der Waals surface area contributed by atoms with Crippen LogP contribution >= 0.6 is 0 Å². The van der Waals surface area contributed by atoms with Crippen molar-refractivity contribution in [2.75, 3.05) is 13.7 Å². The van der Waals surface area contributed by atoms with Crippen LogP contribution in [0.3, 0.4) is 0 Å². The van der Waals surface area contributed by atoms with E-state index in [9.17, 15) is 4.79 Å². The van der Waals surface area contributed by atoms with Crippen molar-refractivity contribution >= 4 is 5.97 Å². The Labute approximate surface area is 120 Å². The zero-order valence-electron chi connectivity index (χ0n) is 12.2. The van der Waals surface area contributed by atoms with Crippen LogP contribution in [0.2, 0.25) is 0 Å². The fourth-order valence-corrected chi connectivity index (χ4v) is 2.67. The van der Waals surface area contributed by atoms with Gasteiger partial charge in [-0.3, -0.25) is 5.32 Å². The lowest BCUT2D eigenvalue weighted by molar-refractivity contribution is -0.143. The molecule has 1 aliphatic rings. The summed E-state index contributed by atoms with van der Waals surface area (Å²) in [5, 5.41) is 3.42. The second-order valence-corrected chi connectivity index (χ2v) is 5.11. The molecule has 1 N–H and O–H groups in total. The molecular formula is C16H23NO3. The average Bonchev–Trinajstić information content (AvgIpc) is 2.98. The van der Waals surface area contributed by atoms with Gasteiger partial charge in [-0.15, -0.1) is 0 Å². The molecule has 1 atom stereocenters. The Bertz CT molecular complexity index is 424. The van der Waals surface area contributed by atoms with Gasteiger partial charge in [-0.1, -0.05) is 25.0 Å². The van der Waals surface area contributed by atoms with Gasteiger partial charge in [0.15, 0.2) is 0 Å². The lowest BCUT2D eigenvalue weighted by Crippen LogP contribution is -2.36. The molecule has 1 unspecified atom stereocenters. The molecule has 4 heteroatoms. The van der Waals surface area contributed by atoms with E-state index in [1.54, 1.807) is 0 Å². The van der Waals surface area contributed by atoms with Crippen molar-refractivity contribution in [2.24, 2.45) is 0 Å². The number of carbonyl (C=O) groups excluding carboxylic acids is 1. The van der Waals surface area contributed by atoms with Crippen molar-refractivity contribution in [3.8, 4) is 5.75 Å². The third-order valence-corrected chi connectivity index (χ3v) is 3.72. The van der Waals surface area contributed by atoms with Gasteiger partial charge in [0.2, 0.25) is 0 Å². The van der Waals surface area contributed by atoms with E-state index in [1.165, 1.54) is 20.0 Å². The number of benzene rings is 1. The first-order valence-corrected chi connectivity index (χ1v) is 7.31. The number of esters is 1. The Hall–Kier alpha value is -1.55. The zero-order chi connectivity index (χ0) is 14.4. The fourth-order valence-electron chi connectivity index (χ4n) is 2.67. The van der Waals surface area contributed by atoms with Crippen LogP contribution in [0, 0.1) is 0 Å². The number of hydrogen-bond donors (Lipinski definition) is 1. The monoisotopic (exact) mass is 277 g/mol. The highest BCUT2D eigenvalue weighted by Crippen LogP contribution is 2.24. The number of rotatable bonds is 6. The van der Waals surface area contributed by atoms with Crippen LogP contribution in [0.5, 0.6) is 5.75 Å². The fraction of sp³-hybridized carbons (Fsp3) is 0.562. The summed E-state index contributed by atoms with van der Waals surface area (Å²) in [5.74, 6) is 0.585. The first kappa shape index (κ1) is 14.9. The van der Waals surface area contributed by atoms with Crippen molar-refractivity contribution in [3.05, 3.63) is 29.8 Å². The maximum absolute atomic E-state index is 12.0. The van der Waals surface area contributed by atoms with Gasteiger partial charge in [0.25, 0.3) is 0 Å². The first-order valence-electron chi connectivity index (χ1n) is 7.31. The minimum atomic E-state index is -0.390. The molecule has 2 rings (SSSR count). The van der Waals surface area contributed by atoms with Gasteiger partial charge < -0.3 is 9.47 Å². The highest BCUT2D eigenvalue weighted by molar-refractivity contribution is 5.77. The third kappa shape index (κ3) is 3.73. The summed E-state index contributed by atoms with van der Waals surface area (Å²) in [4.78, 5) is 12.0. The van der Waals surface area contributed by atoms with Crippen molar-refractivity contribution in [1.82, 2.24) is 5.32 Å². The van der Waals surface area contributed by atoms with Crippen LogP contribution in [0.1, 0.15) is 44.2 Å². The average molecular weight is 277 g/mol. The van der Waals surface area contributed by atoms with Gasteiger partial charge in [0, 0.05) is 6.04 Å². The minimum Gasteiger partial charge on any atom is -0.494 e. The number of carbonyl (C=O) groups is 1. The van der Waals surface area contributed by atoms with Crippen LogP contribution < -0.4 is 10.1 Å². The molecule has 0 saturated heterocycles. The summed E-state index contributed by atoms with van der Waals surface area (Å²) in [6, 6.07) is 7.66. The highest BCUT2D eigenvalue weighted by atomic mass is 16.5. The molecule has 1 aliphatic carbocycles. The topological polar surface area (TPSA) is 47.6 Å². The van der Waals surface area contributed by atoms with E-state index in [-0.39, 0.29) is 5.97 Å². The molecule has 1 saturated carbocycles. The van der Waals surface area contributed by atoms with Crippen LogP contribution in [0.4, 0.5) is 0 Å². The minimum absolute atomic E-state index is 0.235. The second kappa shape index (κ2) is 7.29. The van der Waals surface area contributed by atoms with Gasteiger partial charge in [0.1, 0.15) is 11.8 Å². The number of nitrogens with one attached hydrogen (secondary N) is 1. The van der Waals surface area contributed by atoms with Crippen molar-refractivity contribution in [2.45, 2.75) is 44.7 Å². The lowest BCUT2D eigenvalue weighted by Gasteiger charge is -2.21. The van der Waals surface area contributed by atoms with Crippen molar-refractivity contribution < 1.29 is 14.3 Å². The molecule has 0 bridgehead atoms. The smallest absolute Gasteiger partial charge is 0.327 e. The normalized spacial score (nSPS) is 16.9. The summed E-state index contributed by atoms with van der Waals surface area (Å²) in [7, 11) is 1.43. The van der Waals surface area contributed by atoms with Gasteiger partial charge >= 0.3 is 5.97 Å². The molecule has 0 radical (unpaired) electrons. The predicted molar refractivity (Wildman–Crippen MR) is 77.8 cm³/mol. The maximum atomic E-state index is 12.0. The molecule has 0 spiro atoms. The van der Waals surface area contributed by atoms with E-state index in [2.05, 4.69) is 5.32 Å². The van der Waals surface area contributed by atoms with E-state index in [0.29, 0.717) is 12.6 Å². The van der Waals surface area contributed by atoms with Crippen molar-refractivity contribution in [3.63, 3.8) is 0 Å². The van der Waals surface area contributed by atoms with Crippen molar-refractivity contribution in [1.29, 1.82) is 0 Å². The quantitative estimate of drug-likeness (QED) is 0.812. The van der Waals surface area contributed by atoms with E-state index in [4.69, 9.17) is 9.47 Å². The Balaban J connectivity index is 2.10. The molecular weight excluding hydrogens is 254 g/mol. The third-order valence-electron chi connectivity index (χ3n) is 3.72. The highest BCUT2D eigenvalue weighted by Gasteiger charge is 2.26. The molecule has 1 fully saturated rings. The molecule has 4 nitrogen and oxygen atoms in total. The van der Waals surface area contributed by atoms with Gasteiger partial charge in [-0.05, 0) is 37.5 Å². The Morgan fingerprint density at radius 2 is 1.95 bits per heavy atom. The number of hydrogen-bond acceptors (Lipinski definition) is 4. The molecule has 0 aromatic heterocycles. The van der Waals surface area contributed by atoms with Crippen LogP contribution in [-0.2, 0) is 9.53 Å². The SMILES string of the molecule is CCOc1ccc(C(NC2CCCC2)C(=O)OC)cc1. The summed E-state index contributed by atoms with van der Waals surface area (Å²) in [5.41, 5.74) is 0.923. The second-order valence-electron chi connectivity index (χ2n) is 5.11. The molecule has 0 aliphatic heterocycles.